The number of nitrogens with two attached hydrogens (primary N) is 1. The van der Waals surface area contributed by atoms with Gasteiger partial charge in [-0.25, -0.2) is 0 Å². The molecule has 2 nitrogen and oxygen atoms in total. The summed E-state index contributed by atoms with van der Waals surface area (Å²) in [5.41, 5.74) is 5.41. The molecule has 16 heavy (non-hydrogen) atoms. The fraction of sp³-hybridized carbons (Fsp3) is 1.00. The highest BCUT2D eigenvalue weighted by Gasteiger charge is 2.01. The smallest absolute Gasteiger partial charge is 0.00745 e. The fourth-order valence-corrected chi connectivity index (χ4v) is 2.03. The Balaban J connectivity index is 3.08. The van der Waals surface area contributed by atoms with Crippen LogP contribution in [-0.2, 0) is 0 Å². The van der Waals surface area contributed by atoms with Crippen molar-refractivity contribution in [2.45, 2.75) is 65.2 Å². The van der Waals surface area contributed by atoms with E-state index in [4.69, 9.17) is 5.73 Å². The summed E-state index contributed by atoms with van der Waals surface area (Å²) in [6.45, 7) is 7.54. The zero-order valence-electron chi connectivity index (χ0n) is 11.4. The lowest BCUT2D eigenvalue weighted by Gasteiger charge is -2.11. The van der Waals surface area contributed by atoms with Gasteiger partial charge in [-0.05, 0) is 18.9 Å². The van der Waals surface area contributed by atoms with Crippen LogP contribution in [0.2, 0.25) is 0 Å². The average Bonchev–Trinajstić information content (AvgIpc) is 2.29. The Morgan fingerprint density at radius 2 is 1.62 bits per heavy atom. The van der Waals surface area contributed by atoms with Gasteiger partial charge in [-0.2, -0.15) is 0 Å². The number of nitrogens with one attached hydrogen (secondary N) is 1. The molecule has 0 bridgehead atoms. The maximum absolute atomic E-state index is 5.41. The van der Waals surface area contributed by atoms with Crippen LogP contribution in [0.15, 0.2) is 0 Å². The van der Waals surface area contributed by atoms with Crippen LogP contribution < -0.4 is 11.1 Å². The minimum atomic E-state index is 0.758. The van der Waals surface area contributed by atoms with Gasteiger partial charge in [0, 0.05) is 13.1 Å². The van der Waals surface area contributed by atoms with Crippen LogP contribution in [0.5, 0.6) is 0 Å². The number of hydrogen-bond donors (Lipinski definition) is 2. The van der Waals surface area contributed by atoms with Crippen molar-refractivity contribution in [1.29, 1.82) is 0 Å². The van der Waals surface area contributed by atoms with E-state index >= 15 is 0 Å². The first kappa shape index (κ1) is 15.9. The third-order valence-electron chi connectivity index (χ3n) is 3.17. The van der Waals surface area contributed by atoms with Gasteiger partial charge in [0.2, 0.25) is 0 Å². The molecule has 0 aromatic heterocycles. The lowest BCUT2D eigenvalue weighted by atomic mass is 9.97. The highest BCUT2D eigenvalue weighted by molar-refractivity contribution is 4.56. The Morgan fingerprint density at radius 3 is 2.25 bits per heavy atom. The minimum Gasteiger partial charge on any atom is -0.329 e. The quantitative estimate of drug-likeness (QED) is 0.503. The molecule has 0 saturated carbocycles. The molecule has 0 aliphatic carbocycles. The van der Waals surface area contributed by atoms with Gasteiger partial charge in [-0.1, -0.05) is 58.8 Å². The van der Waals surface area contributed by atoms with E-state index in [0.29, 0.717) is 0 Å². The number of unbranched alkanes of at least 4 members (excludes halogenated alkanes) is 4. The third kappa shape index (κ3) is 12.0. The Bertz CT molecular complexity index is 126. The normalized spacial score (nSPS) is 12.9. The first-order valence-corrected chi connectivity index (χ1v) is 7.22. The highest BCUT2D eigenvalue weighted by Crippen LogP contribution is 2.16. The van der Waals surface area contributed by atoms with Crippen molar-refractivity contribution in [2.24, 2.45) is 11.7 Å². The van der Waals surface area contributed by atoms with Crippen molar-refractivity contribution >= 4 is 0 Å². The third-order valence-corrected chi connectivity index (χ3v) is 3.17. The van der Waals surface area contributed by atoms with Gasteiger partial charge in [0.1, 0.15) is 0 Å². The number of hydrogen-bond acceptors (Lipinski definition) is 2. The lowest BCUT2D eigenvalue weighted by Crippen LogP contribution is -2.23. The monoisotopic (exact) mass is 228 g/mol. The molecule has 1 unspecified atom stereocenters. The predicted molar refractivity (Wildman–Crippen MR) is 73.7 cm³/mol. The van der Waals surface area contributed by atoms with Crippen LogP contribution in [0, 0.1) is 5.92 Å². The standard InChI is InChI=1S/C14H32N2/c1-3-4-5-6-9-14(2)10-7-8-12-16-13-11-15/h14,16H,3-13,15H2,1-2H3. The molecule has 1 atom stereocenters. The summed E-state index contributed by atoms with van der Waals surface area (Å²) in [5.74, 6) is 0.923. The molecule has 0 amide bonds. The van der Waals surface area contributed by atoms with Crippen LogP contribution in [0.1, 0.15) is 65.2 Å². The summed E-state index contributed by atoms with van der Waals surface area (Å²) in [4.78, 5) is 0. The predicted octanol–water partition coefficient (Wildman–Crippen LogP) is 3.31. The van der Waals surface area contributed by atoms with E-state index in [0.717, 1.165) is 25.6 Å². The van der Waals surface area contributed by atoms with Crippen molar-refractivity contribution < 1.29 is 0 Å². The molecule has 0 radical (unpaired) electrons. The van der Waals surface area contributed by atoms with Gasteiger partial charge in [-0.15, -0.1) is 0 Å². The summed E-state index contributed by atoms with van der Waals surface area (Å²) in [5, 5.41) is 3.34. The second-order valence-corrected chi connectivity index (χ2v) is 4.99. The van der Waals surface area contributed by atoms with E-state index in [1.807, 2.05) is 0 Å². The van der Waals surface area contributed by atoms with Gasteiger partial charge in [0.15, 0.2) is 0 Å². The Hall–Kier alpha value is -0.0800. The van der Waals surface area contributed by atoms with Gasteiger partial charge >= 0.3 is 0 Å². The molecule has 0 aromatic rings. The highest BCUT2D eigenvalue weighted by atomic mass is 14.9. The van der Waals surface area contributed by atoms with E-state index in [-0.39, 0.29) is 0 Å². The summed E-state index contributed by atoms with van der Waals surface area (Å²) < 4.78 is 0. The van der Waals surface area contributed by atoms with Gasteiger partial charge < -0.3 is 11.1 Å². The molecule has 0 aromatic carbocycles. The van der Waals surface area contributed by atoms with Crippen LogP contribution in [0.4, 0.5) is 0 Å². The zero-order chi connectivity index (χ0) is 12.1. The first-order valence-electron chi connectivity index (χ1n) is 7.22. The van der Waals surface area contributed by atoms with Gasteiger partial charge in [0.05, 0.1) is 0 Å². The number of rotatable bonds is 12. The second-order valence-electron chi connectivity index (χ2n) is 4.99. The summed E-state index contributed by atoms with van der Waals surface area (Å²) in [7, 11) is 0. The van der Waals surface area contributed by atoms with E-state index in [1.54, 1.807) is 0 Å². The van der Waals surface area contributed by atoms with Gasteiger partial charge in [0.25, 0.3) is 0 Å². The van der Waals surface area contributed by atoms with Crippen LogP contribution >= 0.6 is 0 Å². The van der Waals surface area contributed by atoms with E-state index in [1.165, 1.54) is 51.4 Å². The lowest BCUT2D eigenvalue weighted by molar-refractivity contribution is 0.437. The SMILES string of the molecule is CCCCCCC(C)CCCCNCCN. The molecular weight excluding hydrogens is 196 g/mol. The largest absolute Gasteiger partial charge is 0.329 e. The van der Waals surface area contributed by atoms with E-state index < -0.39 is 0 Å². The van der Waals surface area contributed by atoms with Crippen molar-refractivity contribution in [3.8, 4) is 0 Å². The second kappa shape index (κ2) is 13.0. The zero-order valence-corrected chi connectivity index (χ0v) is 11.4. The Labute approximate surface area is 102 Å². The molecule has 0 fully saturated rings. The molecule has 0 saturated heterocycles. The Morgan fingerprint density at radius 1 is 0.938 bits per heavy atom. The topological polar surface area (TPSA) is 38.0 Å². The van der Waals surface area contributed by atoms with Crippen molar-refractivity contribution in [3.05, 3.63) is 0 Å². The Kier molecular flexibility index (Phi) is 12.9. The minimum absolute atomic E-state index is 0.758. The molecular formula is C14H32N2. The van der Waals surface area contributed by atoms with Crippen LogP contribution in [0.3, 0.4) is 0 Å². The molecule has 2 heteroatoms. The van der Waals surface area contributed by atoms with Crippen LogP contribution in [0.25, 0.3) is 0 Å². The van der Waals surface area contributed by atoms with Crippen molar-refractivity contribution in [2.75, 3.05) is 19.6 Å². The summed E-state index contributed by atoms with van der Waals surface area (Å²) in [6.07, 6.45) is 11.1. The molecule has 98 valence electrons. The van der Waals surface area contributed by atoms with Gasteiger partial charge in [-0.3, -0.25) is 0 Å². The molecule has 0 aliphatic heterocycles. The average molecular weight is 228 g/mol. The first-order chi connectivity index (χ1) is 7.81. The molecule has 0 heterocycles. The molecule has 0 spiro atoms. The molecule has 0 rings (SSSR count). The maximum Gasteiger partial charge on any atom is 0.00745 e. The van der Waals surface area contributed by atoms with Crippen molar-refractivity contribution in [1.82, 2.24) is 5.32 Å². The summed E-state index contributed by atoms with van der Waals surface area (Å²) >= 11 is 0. The summed E-state index contributed by atoms with van der Waals surface area (Å²) in [6, 6.07) is 0. The molecule has 0 aliphatic rings. The van der Waals surface area contributed by atoms with Crippen LogP contribution in [-0.4, -0.2) is 19.6 Å². The van der Waals surface area contributed by atoms with E-state index in [9.17, 15) is 0 Å². The maximum atomic E-state index is 5.41. The van der Waals surface area contributed by atoms with Crippen molar-refractivity contribution in [3.63, 3.8) is 0 Å². The fourth-order valence-electron chi connectivity index (χ4n) is 2.03. The van der Waals surface area contributed by atoms with E-state index in [2.05, 4.69) is 19.2 Å². The molecule has 3 N–H and O–H groups in total.